The highest BCUT2D eigenvalue weighted by Crippen LogP contribution is 2.20. The quantitative estimate of drug-likeness (QED) is 0.892. The average Bonchev–Trinajstić information content (AvgIpc) is 2.30. The monoisotopic (exact) mass is 284 g/mol. The van der Waals surface area contributed by atoms with Gasteiger partial charge >= 0.3 is 12.0 Å². The van der Waals surface area contributed by atoms with Gasteiger partial charge in [-0.3, -0.25) is 0 Å². The molecule has 0 spiro atoms. The third-order valence-corrected chi connectivity index (χ3v) is 2.76. The highest BCUT2D eigenvalue weighted by atomic mass is 35.5. The fraction of sp³-hybridized carbons (Fsp3) is 0.385. The van der Waals surface area contributed by atoms with E-state index in [1.54, 1.807) is 18.0 Å². The zero-order chi connectivity index (χ0) is 14.6. The third-order valence-electron chi connectivity index (χ3n) is 2.43. The lowest BCUT2D eigenvalue weighted by Crippen LogP contribution is -2.34. The van der Waals surface area contributed by atoms with Crippen LogP contribution in [0.1, 0.15) is 24.2 Å². The minimum absolute atomic E-state index is 0.0361. The molecule has 0 atom stereocenters. The van der Waals surface area contributed by atoms with Crippen LogP contribution in [-0.4, -0.2) is 35.6 Å². The summed E-state index contributed by atoms with van der Waals surface area (Å²) in [7, 11) is 1.68. The number of rotatable bonds is 4. The van der Waals surface area contributed by atoms with E-state index < -0.39 is 5.97 Å². The Bertz CT molecular complexity index is 489. The second-order valence-electron chi connectivity index (χ2n) is 4.70. The van der Waals surface area contributed by atoms with E-state index in [9.17, 15) is 9.59 Å². The molecule has 0 fully saturated rings. The van der Waals surface area contributed by atoms with Crippen molar-refractivity contribution >= 4 is 29.3 Å². The molecule has 0 aliphatic carbocycles. The molecule has 19 heavy (non-hydrogen) atoms. The molecule has 1 aromatic carbocycles. The summed E-state index contributed by atoms with van der Waals surface area (Å²) >= 11 is 5.76. The van der Waals surface area contributed by atoms with Gasteiger partial charge in [0.05, 0.1) is 10.6 Å². The number of benzene rings is 1. The van der Waals surface area contributed by atoms with Crippen molar-refractivity contribution < 1.29 is 14.7 Å². The van der Waals surface area contributed by atoms with Crippen LogP contribution in [0.5, 0.6) is 0 Å². The molecule has 2 N–H and O–H groups in total. The number of carboxylic acid groups (broad SMARTS) is 1. The maximum atomic E-state index is 11.8. The topological polar surface area (TPSA) is 69.6 Å². The number of nitrogens with zero attached hydrogens (tertiary/aromatic N) is 1. The number of hydrogen-bond acceptors (Lipinski definition) is 2. The first-order valence-electron chi connectivity index (χ1n) is 5.86. The molecule has 0 unspecified atom stereocenters. The van der Waals surface area contributed by atoms with Gasteiger partial charge in [-0.15, -0.1) is 0 Å². The van der Waals surface area contributed by atoms with Gasteiger partial charge in [0, 0.05) is 19.3 Å². The van der Waals surface area contributed by atoms with E-state index in [4.69, 9.17) is 16.7 Å². The molecule has 0 bridgehead atoms. The van der Waals surface area contributed by atoms with E-state index in [2.05, 4.69) is 5.32 Å². The van der Waals surface area contributed by atoms with Crippen LogP contribution >= 0.6 is 11.6 Å². The highest BCUT2D eigenvalue weighted by molar-refractivity contribution is 6.33. The number of halogens is 1. The smallest absolute Gasteiger partial charge is 0.337 e. The number of hydrogen-bond donors (Lipinski definition) is 2. The molecular formula is C13H17ClN2O3. The third kappa shape index (κ3) is 4.44. The molecular weight excluding hydrogens is 268 g/mol. The summed E-state index contributed by atoms with van der Waals surface area (Å²) in [5.74, 6) is -0.771. The van der Waals surface area contributed by atoms with E-state index in [1.165, 1.54) is 12.1 Å². The number of anilines is 1. The molecule has 104 valence electrons. The molecule has 0 radical (unpaired) electrons. The van der Waals surface area contributed by atoms with Crippen LogP contribution < -0.4 is 5.32 Å². The number of carbonyl (C=O) groups excluding carboxylic acids is 1. The van der Waals surface area contributed by atoms with Gasteiger partial charge in [0.25, 0.3) is 0 Å². The molecule has 0 saturated heterocycles. The van der Waals surface area contributed by atoms with Crippen molar-refractivity contribution in [2.24, 2.45) is 5.92 Å². The summed E-state index contributed by atoms with van der Waals surface area (Å²) in [5, 5.41) is 11.7. The maximum absolute atomic E-state index is 11.8. The lowest BCUT2D eigenvalue weighted by atomic mass is 10.2. The van der Waals surface area contributed by atoms with E-state index >= 15 is 0 Å². The van der Waals surface area contributed by atoms with Crippen LogP contribution in [0, 0.1) is 5.92 Å². The Balaban J connectivity index is 2.80. The second kappa shape index (κ2) is 6.43. The van der Waals surface area contributed by atoms with Gasteiger partial charge in [-0.25, -0.2) is 9.59 Å². The molecule has 0 aliphatic rings. The van der Waals surface area contributed by atoms with Gasteiger partial charge in [0.2, 0.25) is 0 Å². The zero-order valence-corrected chi connectivity index (χ0v) is 11.9. The predicted molar refractivity (Wildman–Crippen MR) is 74.9 cm³/mol. The molecule has 0 heterocycles. The first-order chi connectivity index (χ1) is 8.81. The Morgan fingerprint density at radius 1 is 1.42 bits per heavy atom. The van der Waals surface area contributed by atoms with Crippen LogP contribution in [0.3, 0.4) is 0 Å². The number of amides is 2. The molecule has 0 aromatic heterocycles. The molecule has 0 aliphatic heterocycles. The maximum Gasteiger partial charge on any atom is 0.337 e. The van der Waals surface area contributed by atoms with Crippen LogP contribution in [0.25, 0.3) is 0 Å². The predicted octanol–water partition coefficient (Wildman–Crippen LogP) is 3.16. The van der Waals surface area contributed by atoms with Gasteiger partial charge in [-0.1, -0.05) is 25.4 Å². The van der Waals surface area contributed by atoms with Gasteiger partial charge in [0.15, 0.2) is 0 Å². The lowest BCUT2D eigenvalue weighted by Gasteiger charge is -2.20. The molecule has 1 rings (SSSR count). The summed E-state index contributed by atoms with van der Waals surface area (Å²) < 4.78 is 0. The Morgan fingerprint density at radius 3 is 2.58 bits per heavy atom. The van der Waals surface area contributed by atoms with Crippen LogP contribution in [0.2, 0.25) is 5.02 Å². The zero-order valence-electron chi connectivity index (χ0n) is 11.1. The van der Waals surface area contributed by atoms with Crippen molar-refractivity contribution in [3.05, 3.63) is 28.8 Å². The van der Waals surface area contributed by atoms with Crippen LogP contribution in [0.15, 0.2) is 18.2 Å². The van der Waals surface area contributed by atoms with Crippen molar-refractivity contribution in [3.63, 3.8) is 0 Å². The molecule has 2 amide bonds. The van der Waals surface area contributed by atoms with Crippen LogP contribution in [-0.2, 0) is 0 Å². The standard InChI is InChI=1S/C13H17ClN2O3/c1-8(2)7-16(3)13(19)15-9-4-5-11(14)10(6-9)12(17)18/h4-6,8H,7H2,1-3H3,(H,15,19)(H,17,18). The van der Waals surface area contributed by atoms with Gasteiger partial charge in [0.1, 0.15) is 0 Å². The Hall–Kier alpha value is -1.75. The van der Waals surface area contributed by atoms with E-state index in [1.807, 2.05) is 13.8 Å². The van der Waals surface area contributed by atoms with E-state index in [0.29, 0.717) is 18.2 Å². The molecule has 6 heteroatoms. The summed E-state index contributed by atoms with van der Waals surface area (Å²) in [6.45, 7) is 4.63. The number of urea groups is 1. The first kappa shape index (κ1) is 15.3. The number of carboxylic acids is 1. The normalized spacial score (nSPS) is 10.4. The summed E-state index contributed by atoms with van der Waals surface area (Å²) in [6.07, 6.45) is 0. The number of carbonyl (C=O) groups is 2. The molecule has 1 aromatic rings. The number of aromatic carboxylic acids is 1. The second-order valence-corrected chi connectivity index (χ2v) is 5.11. The minimum Gasteiger partial charge on any atom is -0.478 e. The van der Waals surface area contributed by atoms with E-state index in [0.717, 1.165) is 0 Å². The SMILES string of the molecule is CC(C)CN(C)C(=O)Nc1ccc(Cl)c(C(=O)O)c1. The lowest BCUT2D eigenvalue weighted by molar-refractivity contribution is 0.0697. The van der Waals surface area contributed by atoms with Crippen molar-refractivity contribution in [3.8, 4) is 0 Å². The summed E-state index contributed by atoms with van der Waals surface area (Å²) in [5.41, 5.74) is 0.369. The van der Waals surface area contributed by atoms with Gasteiger partial charge < -0.3 is 15.3 Å². The molecule has 0 saturated carbocycles. The van der Waals surface area contributed by atoms with Crippen LogP contribution in [0.4, 0.5) is 10.5 Å². The highest BCUT2D eigenvalue weighted by Gasteiger charge is 2.13. The van der Waals surface area contributed by atoms with Crippen molar-refractivity contribution in [2.45, 2.75) is 13.8 Å². The van der Waals surface area contributed by atoms with Crippen molar-refractivity contribution in [2.75, 3.05) is 18.9 Å². The van der Waals surface area contributed by atoms with Gasteiger partial charge in [-0.2, -0.15) is 0 Å². The Kier molecular flexibility index (Phi) is 5.18. The van der Waals surface area contributed by atoms with Crippen molar-refractivity contribution in [1.29, 1.82) is 0 Å². The Morgan fingerprint density at radius 2 is 2.05 bits per heavy atom. The van der Waals surface area contributed by atoms with Crippen molar-refractivity contribution in [1.82, 2.24) is 4.90 Å². The average molecular weight is 285 g/mol. The fourth-order valence-corrected chi connectivity index (χ4v) is 1.81. The Labute approximate surface area is 117 Å². The summed E-state index contributed by atoms with van der Waals surface area (Å²) in [6, 6.07) is 4.07. The first-order valence-corrected chi connectivity index (χ1v) is 6.24. The van der Waals surface area contributed by atoms with Gasteiger partial charge in [-0.05, 0) is 24.1 Å². The van der Waals surface area contributed by atoms with E-state index in [-0.39, 0.29) is 16.6 Å². The largest absolute Gasteiger partial charge is 0.478 e. The summed E-state index contributed by atoms with van der Waals surface area (Å²) in [4.78, 5) is 24.3. The minimum atomic E-state index is -1.13. The number of nitrogens with one attached hydrogen (secondary N) is 1. The molecule has 5 nitrogen and oxygen atoms in total. The fourth-order valence-electron chi connectivity index (χ4n) is 1.62.